The normalized spacial score (nSPS) is 11.4. The fourth-order valence-corrected chi connectivity index (χ4v) is 3.31. The van der Waals surface area contributed by atoms with Gasteiger partial charge in [0.25, 0.3) is 0 Å². The van der Waals surface area contributed by atoms with E-state index in [1.165, 1.54) is 6.07 Å². The molecule has 1 aromatic carbocycles. The molecule has 0 saturated carbocycles. The van der Waals surface area contributed by atoms with Crippen molar-refractivity contribution in [1.29, 1.82) is 0 Å². The Bertz CT molecular complexity index is 446. The second-order valence-electron chi connectivity index (χ2n) is 2.94. The number of benzene rings is 1. The van der Waals surface area contributed by atoms with Gasteiger partial charge in [0.1, 0.15) is 0 Å². The van der Waals surface area contributed by atoms with Crippen LogP contribution in [-0.2, 0) is 4.74 Å². The summed E-state index contributed by atoms with van der Waals surface area (Å²) in [6, 6.07) is 3.33. The van der Waals surface area contributed by atoms with Gasteiger partial charge in [0.15, 0.2) is 6.61 Å². The van der Waals surface area contributed by atoms with Crippen LogP contribution in [0.4, 0.5) is 13.2 Å². The summed E-state index contributed by atoms with van der Waals surface area (Å²) in [5.74, 6) is -0.955. The summed E-state index contributed by atoms with van der Waals surface area (Å²) in [6.07, 6.45) is -4.50. The molecule has 1 aromatic rings. The zero-order valence-electron chi connectivity index (χ0n) is 7.95. The molecule has 17 heavy (non-hydrogen) atoms. The van der Waals surface area contributed by atoms with Gasteiger partial charge >= 0.3 is 12.1 Å². The number of rotatable bonds is 2. The maximum absolute atomic E-state index is 11.9. The van der Waals surface area contributed by atoms with Gasteiger partial charge in [0.05, 0.1) is 5.56 Å². The van der Waals surface area contributed by atoms with Gasteiger partial charge in [0, 0.05) is 10.7 Å². The summed E-state index contributed by atoms with van der Waals surface area (Å²) in [4.78, 5) is 11.5. The molecule has 0 radical (unpaired) electrons. The fraction of sp³-hybridized carbons (Fsp3) is 0.222. The Labute approximate surface area is 136 Å². The average molecular weight is 582 g/mol. The van der Waals surface area contributed by atoms with E-state index in [0.717, 1.165) is 7.14 Å². The largest absolute Gasteiger partial charge is 0.452 e. The summed E-state index contributed by atoms with van der Waals surface area (Å²) in [6.45, 7) is -1.57. The number of esters is 1. The molecule has 0 unspecified atom stereocenters. The third-order valence-electron chi connectivity index (χ3n) is 1.58. The summed E-state index contributed by atoms with van der Waals surface area (Å²) in [7, 11) is 0. The number of carbonyl (C=O) groups is 1. The van der Waals surface area contributed by atoms with Crippen LogP contribution in [0.1, 0.15) is 10.4 Å². The van der Waals surface area contributed by atoms with Gasteiger partial charge < -0.3 is 4.74 Å². The molecule has 2 nitrogen and oxygen atoms in total. The lowest BCUT2D eigenvalue weighted by atomic mass is 10.2. The summed E-state index contributed by atoms with van der Waals surface area (Å²) >= 11 is 5.90. The molecule has 0 fully saturated rings. The van der Waals surface area contributed by atoms with Crippen LogP contribution in [0, 0.1) is 10.7 Å². The molecule has 8 heteroatoms. The van der Waals surface area contributed by atoms with Crippen LogP contribution >= 0.6 is 67.8 Å². The van der Waals surface area contributed by atoms with Gasteiger partial charge in [-0.1, -0.05) is 0 Å². The predicted octanol–water partition coefficient (Wildman–Crippen LogP) is 4.22. The summed E-state index contributed by atoms with van der Waals surface area (Å²) < 4.78 is 42.1. The van der Waals surface area contributed by atoms with Crippen molar-refractivity contribution in [3.63, 3.8) is 0 Å². The van der Waals surface area contributed by atoms with Crippen LogP contribution in [0.3, 0.4) is 0 Å². The highest BCUT2D eigenvalue weighted by Crippen LogP contribution is 2.24. The number of halogens is 6. The highest BCUT2D eigenvalue weighted by atomic mass is 127. The Balaban J connectivity index is 2.90. The molecule has 94 valence electrons. The molecular formula is C9H4F3I3O2. The Morgan fingerprint density at radius 1 is 1.24 bits per heavy atom. The van der Waals surface area contributed by atoms with Crippen molar-refractivity contribution in [3.05, 3.63) is 28.4 Å². The first-order valence-corrected chi connectivity index (χ1v) is 7.33. The molecule has 0 spiro atoms. The van der Waals surface area contributed by atoms with E-state index in [9.17, 15) is 18.0 Å². The quantitative estimate of drug-likeness (QED) is 0.297. The Morgan fingerprint density at radius 2 is 1.82 bits per heavy atom. The third kappa shape index (κ3) is 5.04. The van der Waals surface area contributed by atoms with Crippen LogP contribution in [0.25, 0.3) is 0 Å². The Morgan fingerprint density at radius 3 is 2.35 bits per heavy atom. The van der Waals surface area contributed by atoms with Gasteiger partial charge in [0.2, 0.25) is 0 Å². The van der Waals surface area contributed by atoms with Crippen molar-refractivity contribution in [1.82, 2.24) is 0 Å². The molecule has 0 N–H and O–H groups in total. The minimum atomic E-state index is -4.50. The van der Waals surface area contributed by atoms with Gasteiger partial charge in [-0.05, 0) is 79.9 Å². The second-order valence-corrected chi connectivity index (χ2v) is 6.43. The molecule has 1 rings (SSSR count). The monoisotopic (exact) mass is 582 g/mol. The molecule has 0 bridgehead atoms. The van der Waals surface area contributed by atoms with Crippen LogP contribution in [0.15, 0.2) is 12.1 Å². The van der Waals surface area contributed by atoms with Gasteiger partial charge in [-0.15, -0.1) is 0 Å². The molecule has 0 amide bonds. The van der Waals surface area contributed by atoms with Crippen LogP contribution < -0.4 is 0 Å². The topological polar surface area (TPSA) is 26.3 Å². The van der Waals surface area contributed by atoms with Gasteiger partial charge in [-0.25, -0.2) is 4.79 Å². The highest BCUT2D eigenvalue weighted by Gasteiger charge is 2.30. The molecule has 0 aromatic heterocycles. The van der Waals surface area contributed by atoms with Crippen LogP contribution in [-0.4, -0.2) is 18.8 Å². The maximum Gasteiger partial charge on any atom is 0.422 e. The third-order valence-corrected chi connectivity index (χ3v) is 5.25. The Kier molecular flexibility index (Phi) is 5.75. The lowest BCUT2D eigenvalue weighted by Gasteiger charge is -2.10. The zero-order valence-corrected chi connectivity index (χ0v) is 14.4. The SMILES string of the molecule is O=C(OCC(F)(F)F)c1cc(I)cc(I)c1I. The minimum Gasteiger partial charge on any atom is -0.452 e. The first-order valence-electron chi connectivity index (χ1n) is 4.09. The van der Waals surface area contributed by atoms with Crippen molar-refractivity contribution < 1.29 is 22.7 Å². The lowest BCUT2D eigenvalue weighted by molar-refractivity contribution is -0.161. The van der Waals surface area contributed by atoms with Gasteiger partial charge in [-0.2, -0.15) is 13.2 Å². The predicted molar refractivity (Wildman–Crippen MR) is 80.9 cm³/mol. The summed E-state index contributed by atoms with van der Waals surface area (Å²) in [5.41, 5.74) is 0.158. The zero-order chi connectivity index (χ0) is 13.2. The van der Waals surface area contributed by atoms with E-state index in [0.29, 0.717) is 3.57 Å². The van der Waals surface area contributed by atoms with Crippen molar-refractivity contribution in [2.45, 2.75) is 6.18 Å². The number of alkyl halides is 3. The number of carbonyl (C=O) groups excluding carboxylic acids is 1. The maximum atomic E-state index is 11.9. The van der Waals surface area contributed by atoms with E-state index in [2.05, 4.69) is 4.74 Å². The van der Waals surface area contributed by atoms with Gasteiger partial charge in [-0.3, -0.25) is 0 Å². The van der Waals surface area contributed by atoms with E-state index in [1.807, 2.05) is 73.8 Å². The molecule has 0 atom stereocenters. The smallest absolute Gasteiger partial charge is 0.422 e. The number of ether oxygens (including phenoxy) is 1. The standard InChI is InChI=1S/C9H4F3I3O2/c10-9(11,12)3-17-8(16)5-1-4(13)2-6(14)7(5)15/h1-2H,3H2. The van der Waals surface area contributed by atoms with Crippen molar-refractivity contribution in [2.24, 2.45) is 0 Å². The Hall–Kier alpha value is 0.670. The first-order chi connectivity index (χ1) is 7.70. The molecular weight excluding hydrogens is 578 g/mol. The van der Waals surface area contributed by atoms with Crippen molar-refractivity contribution in [2.75, 3.05) is 6.61 Å². The van der Waals surface area contributed by atoms with E-state index < -0.39 is 18.8 Å². The van der Waals surface area contributed by atoms with E-state index in [4.69, 9.17) is 0 Å². The molecule has 0 aliphatic heterocycles. The number of hydrogen-bond acceptors (Lipinski definition) is 2. The average Bonchev–Trinajstić information content (AvgIpc) is 2.19. The van der Waals surface area contributed by atoms with Crippen LogP contribution in [0.2, 0.25) is 0 Å². The first kappa shape index (κ1) is 15.7. The van der Waals surface area contributed by atoms with E-state index in [-0.39, 0.29) is 5.56 Å². The van der Waals surface area contributed by atoms with E-state index in [1.54, 1.807) is 0 Å². The second kappa shape index (κ2) is 6.21. The molecule has 0 saturated heterocycles. The molecule has 0 aliphatic carbocycles. The van der Waals surface area contributed by atoms with Crippen molar-refractivity contribution in [3.8, 4) is 0 Å². The fourth-order valence-electron chi connectivity index (χ4n) is 0.930. The lowest BCUT2D eigenvalue weighted by Crippen LogP contribution is -2.21. The molecule has 0 heterocycles. The van der Waals surface area contributed by atoms with E-state index >= 15 is 0 Å². The minimum absolute atomic E-state index is 0.158. The van der Waals surface area contributed by atoms with Crippen LogP contribution in [0.5, 0.6) is 0 Å². The molecule has 0 aliphatic rings. The summed E-state index contributed by atoms with van der Waals surface area (Å²) in [5, 5.41) is 0. The highest BCUT2D eigenvalue weighted by molar-refractivity contribution is 14.1. The number of hydrogen-bond donors (Lipinski definition) is 0. The van der Waals surface area contributed by atoms with Crippen molar-refractivity contribution >= 4 is 73.7 Å².